The van der Waals surface area contributed by atoms with Crippen molar-refractivity contribution >= 4 is 17.6 Å². The zero-order valence-electron chi connectivity index (χ0n) is 20.7. The molecule has 10 heteroatoms. The van der Waals surface area contributed by atoms with Crippen LogP contribution in [0.2, 0.25) is 0 Å². The molecule has 2 atom stereocenters. The molecule has 2 aromatic rings. The number of carbonyl (C=O) groups excluding carboxylic acids is 1. The van der Waals surface area contributed by atoms with Crippen LogP contribution in [0.15, 0.2) is 16.5 Å². The maximum absolute atomic E-state index is 13.2. The van der Waals surface area contributed by atoms with Crippen molar-refractivity contribution in [3.05, 3.63) is 29.2 Å². The van der Waals surface area contributed by atoms with Crippen molar-refractivity contribution in [1.82, 2.24) is 4.98 Å². The molecule has 3 fully saturated rings. The normalized spacial score (nSPS) is 24.3. The van der Waals surface area contributed by atoms with Gasteiger partial charge in [-0.05, 0) is 62.5 Å². The first-order chi connectivity index (χ1) is 17.0. The van der Waals surface area contributed by atoms with Crippen LogP contribution in [0.5, 0.6) is 11.5 Å². The molecule has 2 unspecified atom stereocenters. The van der Waals surface area contributed by atoms with E-state index in [1.54, 1.807) is 17.9 Å². The molecule has 2 aliphatic carbocycles. The Morgan fingerprint density at radius 3 is 2.47 bits per heavy atom. The first kappa shape index (κ1) is 24.8. The molecule has 5 rings (SSSR count). The van der Waals surface area contributed by atoms with Gasteiger partial charge in [-0.15, -0.1) is 0 Å². The van der Waals surface area contributed by atoms with Crippen molar-refractivity contribution in [1.29, 1.82) is 0 Å². The number of alkyl halides is 3. The van der Waals surface area contributed by atoms with Crippen LogP contribution in [0.25, 0.3) is 0 Å². The number of phenolic OH excluding ortho intramolecular Hbond substituents is 1. The molecule has 36 heavy (non-hydrogen) atoms. The van der Waals surface area contributed by atoms with Crippen LogP contribution < -0.4 is 15.0 Å². The third-order valence-electron chi connectivity index (χ3n) is 8.08. The van der Waals surface area contributed by atoms with Crippen molar-refractivity contribution in [3.8, 4) is 11.5 Å². The predicted molar refractivity (Wildman–Crippen MR) is 128 cm³/mol. The van der Waals surface area contributed by atoms with Gasteiger partial charge in [-0.3, -0.25) is 4.79 Å². The van der Waals surface area contributed by atoms with Crippen molar-refractivity contribution in [3.63, 3.8) is 0 Å². The Kier molecular flexibility index (Phi) is 6.11. The van der Waals surface area contributed by atoms with E-state index in [0.29, 0.717) is 24.4 Å². The number of phenols is 1. The summed E-state index contributed by atoms with van der Waals surface area (Å²) in [7, 11) is 0. The molecule has 196 valence electrons. The molecule has 2 heterocycles. The quantitative estimate of drug-likeness (QED) is 0.466. The van der Waals surface area contributed by atoms with E-state index in [0.717, 1.165) is 37.5 Å². The van der Waals surface area contributed by atoms with Crippen molar-refractivity contribution in [2.45, 2.75) is 71.6 Å². The molecule has 1 aromatic heterocycles. The van der Waals surface area contributed by atoms with Crippen LogP contribution in [0, 0.1) is 24.2 Å². The van der Waals surface area contributed by atoms with Crippen molar-refractivity contribution in [2.24, 2.45) is 17.3 Å². The topological polar surface area (TPSA) is 87.8 Å². The highest BCUT2D eigenvalue weighted by molar-refractivity contribution is 6.04. The number of amides is 1. The van der Waals surface area contributed by atoms with Gasteiger partial charge in [0.15, 0.2) is 17.2 Å². The standard InChI is InChI=1S/C26H32F3N3O4/c1-4-25(5-2)12-32(13-25)24-31-21(20(36-24)11-26(27,28)29)23(34)30-17-6-14(3)22(19(33)10-17)35-18-8-15-7-16(15)9-18/h6,10,15-16,18,33H,4-5,7-9,11-13H2,1-3H3,(H,30,34). The van der Waals surface area contributed by atoms with E-state index in [1.807, 2.05) is 0 Å². The second-order valence-electron chi connectivity index (χ2n) is 10.7. The number of oxazole rings is 1. The van der Waals surface area contributed by atoms with Crippen LogP contribution in [0.4, 0.5) is 24.9 Å². The first-order valence-corrected chi connectivity index (χ1v) is 12.6. The smallest absolute Gasteiger partial charge is 0.396 e. The molecule has 0 spiro atoms. The maximum Gasteiger partial charge on any atom is 0.396 e. The number of halogens is 3. The molecule has 2 saturated carbocycles. The van der Waals surface area contributed by atoms with E-state index in [9.17, 15) is 23.1 Å². The average molecular weight is 508 g/mol. The molecule has 3 aliphatic rings. The second kappa shape index (κ2) is 8.88. The second-order valence-corrected chi connectivity index (χ2v) is 10.7. The Balaban J connectivity index is 1.32. The summed E-state index contributed by atoms with van der Waals surface area (Å²) < 4.78 is 51.1. The van der Waals surface area contributed by atoms with E-state index in [1.165, 1.54) is 12.5 Å². The van der Waals surface area contributed by atoms with Gasteiger partial charge in [0.05, 0.1) is 6.10 Å². The number of aromatic nitrogens is 1. The molecule has 1 saturated heterocycles. The van der Waals surface area contributed by atoms with Gasteiger partial charge in [0.25, 0.3) is 11.9 Å². The lowest BCUT2D eigenvalue weighted by Gasteiger charge is -2.49. The lowest BCUT2D eigenvalue weighted by atomic mass is 9.75. The predicted octanol–water partition coefficient (Wildman–Crippen LogP) is 5.85. The highest BCUT2D eigenvalue weighted by atomic mass is 19.4. The van der Waals surface area contributed by atoms with E-state index in [-0.39, 0.29) is 29.0 Å². The number of benzene rings is 1. The van der Waals surface area contributed by atoms with Gasteiger partial charge in [0.2, 0.25) is 0 Å². The summed E-state index contributed by atoms with van der Waals surface area (Å²) >= 11 is 0. The zero-order valence-corrected chi connectivity index (χ0v) is 20.7. The largest absolute Gasteiger partial charge is 0.504 e. The van der Waals surface area contributed by atoms with E-state index < -0.39 is 30.0 Å². The molecule has 7 nitrogen and oxygen atoms in total. The number of rotatable bonds is 8. The average Bonchev–Trinajstić information content (AvgIpc) is 3.17. The summed E-state index contributed by atoms with van der Waals surface area (Å²) in [4.78, 5) is 18.9. The van der Waals surface area contributed by atoms with Gasteiger partial charge < -0.3 is 24.5 Å². The number of ether oxygens (including phenoxy) is 1. The molecule has 0 bridgehead atoms. The first-order valence-electron chi connectivity index (χ1n) is 12.6. The Labute approximate surface area is 208 Å². The van der Waals surface area contributed by atoms with Gasteiger partial charge in [-0.25, -0.2) is 0 Å². The fraction of sp³-hybridized carbons (Fsp3) is 0.615. The SMILES string of the molecule is CCC1(CC)CN(c2nc(C(=O)Nc3cc(C)c(OC4CC5CC5C4)c(O)c3)c(CC(F)(F)F)o2)C1. The van der Waals surface area contributed by atoms with Crippen LogP contribution in [-0.4, -0.2) is 41.4 Å². The number of nitrogens with one attached hydrogen (secondary N) is 1. The van der Waals surface area contributed by atoms with Crippen LogP contribution in [0.3, 0.4) is 0 Å². The number of aromatic hydroxyl groups is 1. The Hall–Kier alpha value is -2.91. The molecule has 0 radical (unpaired) electrons. The number of anilines is 2. The maximum atomic E-state index is 13.2. The van der Waals surface area contributed by atoms with Gasteiger partial charge in [-0.2, -0.15) is 18.2 Å². The van der Waals surface area contributed by atoms with Gasteiger partial charge in [0.1, 0.15) is 12.2 Å². The minimum atomic E-state index is -4.56. The summed E-state index contributed by atoms with van der Waals surface area (Å²) in [6, 6.07) is 2.99. The molecule has 1 aliphatic heterocycles. The Morgan fingerprint density at radius 1 is 1.22 bits per heavy atom. The summed E-state index contributed by atoms with van der Waals surface area (Å²) in [5.74, 6) is 0.343. The summed E-state index contributed by atoms with van der Waals surface area (Å²) in [5.41, 5.74) is 0.534. The zero-order chi connectivity index (χ0) is 25.8. The number of hydrogen-bond acceptors (Lipinski definition) is 6. The van der Waals surface area contributed by atoms with Crippen molar-refractivity contribution < 1.29 is 32.2 Å². The van der Waals surface area contributed by atoms with E-state index >= 15 is 0 Å². The number of fused-ring (bicyclic) bond motifs is 1. The number of nitrogens with zero attached hydrogens (tertiary/aromatic N) is 2. The highest BCUT2D eigenvalue weighted by Gasteiger charge is 2.47. The van der Waals surface area contributed by atoms with Crippen LogP contribution in [-0.2, 0) is 6.42 Å². The Bertz CT molecular complexity index is 1120. The van der Waals surface area contributed by atoms with Crippen LogP contribution in [0.1, 0.15) is 67.8 Å². The molecule has 2 N–H and O–H groups in total. The van der Waals surface area contributed by atoms with Crippen LogP contribution >= 0.6 is 0 Å². The monoisotopic (exact) mass is 507 g/mol. The molecule has 1 amide bonds. The summed E-state index contributed by atoms with van der Waals surface area (Å²) in [6.07, 6.45) is -0.804. The lowest BCUT2D eigenvalue weighted by molar-refractivity contribution is -0.130. The third kappa shape index (κ3) is 4.86. The van der Waals surface area contributed by atoms with Gasteiger partial charge in [0, 0.05) is 30.3 Å². The van der Waals surface area contributed by atoms with Crippen molar-refractivity contribution in [2.75, 3.05) is 23.3 Å². The fourth-order valence-electron chi connectivity index (χ4n) is 5.64. The van der Waals surface area contributed by atoms with E-state index in [2.05, 4.69) is 24.1 Å². The summed E-state index contributed by atoms with van der Waals surface area (Å²) in [6.45, 7) is 7.14. The summed E-state index contributed by atoms with van der Waals surface area (Å²) in [5, 5.41) is 13.1. The lowest BCUT2D eigenvalue weighted by Crippen LogP contribution is -2.56. The number of hydrogen-bond donors (Lipinski definition) is 2. The van der Waals surface area contributed by atoms with Gasteiger partial charge in [-0.1, -0.05) is 13.8 Å². The molecular weight excluding hydrogens is 475 g/mol. The molecular formula is C26H32F3N3O4. The number of carbonyl (C=O) groups is 1. The minimum absolute atomic E-state index is 0.0225. The van der Waals surface area contributed by atoms with Gasteiger partial charge >= 0.3 is 6.18 Å². The highest BCUT2D eigenvalue weighted by Crippen LogP contribution is 2.53. The van der Waals surface area contributed by atoms with E-state index in [4.69, 9.17) is 9.15 Å². The Morgan fingerprint density at radius 2 is 1.89 bits per heavy atom. The third-order valence-corrected chi connectivity index (χ3v) is 8.08. The molecule has 1 aromatic carbocycles. The fourth-order valence-corrected chi connectivity index (χ4v) is 5.64. The number of aryl methyl sites for hydroxylation is 1. The minimum Gasteiger partial charge on any atom is -0.504 e.